The Hall–Kier alpha value is -2.56. The highest BCUT2D eigenvalue weighted by atomic mass is 32.2. The van der Waals surface area contributed by atoms with Crippen molar-refractivity contribution in [2.45, 2.75) is 24.6 Å². The van der Waals surface area contributed by atoms with E-state index in [1.807, 2.05) is 0 Å². The molecule has 1 aromatic heterocycles. The number of carbonyl (C=O) groups excluding carboxylic acids is 3. The lowest BCUT2D eigenvalue weighted by Crippen LogP contribution is -2.30. The summed E-state index contributed by atoms with van der Waals surface area (Å²) in [6, 6.07) is 7.56. The van der Waals surface area contributed by atoms with E-state index in [4.69, 9.17) is 0 Å². The number of benzene rings is 1. The van der Waals surface area contributed by atoms with Crippen LogP contribution in [0.1, 0.15) is 49.8 Å². The van der Waals surface area contributed by atoms with Gasteiger partial charge in [-0.3, -0.25) is 19.3 Å². The van der Waals surface area contributed by atoms with Gasteiger partial charge in [-0.25, -0.2) is 8.42 Å². The molecule has 3 amide bonds. The summed E-state index contributed by atoms with van der Waals surface area (Å²) in [5.41, 5.74) is 0.736. The second-order valence-corrected chi connectivity index (χ2v) is 9.76. The first-order chi connectivity index (χ1) is 13.7. The molecular weight excluding hydrogens is 414 g/mol. The van der Waals surface area contributed by atoms with E-state index in [1.165, 1.54) is 35.6 Å². The Morgan fingerprint density at radius 1 is 1.07 bits per heavy atom. The van der Waals surface area contributed by atoms with E-state index in [9.17, 15) is 22.8 Å². The van der Waals surface area contributed by atoms with E-state index in [0.29, 0.717) is 18.0 Å². The zero-order valence-corrected chi connectivity index (χ0v) is 17.9. The summed E-state index contributed by atoms with van der Waals surface area (Å²) in [6.07, 6.45) is 0. The number of rotatable bonds is 7. The zero-order valence-electron chi connectivity index (χ0n) is 16.3. The van der Waals surface area contributed by atoms with Crippen molar-refractivity contribution in [1.29, 1.82) is 0 Å². The Balaban J connectivity index is 1.71. The van der Waals surface area contributed by atoms with E-state index in [2.05, 4.69) is 5.32 Å². The van der Waals surface area contributed by atoms with Crippen LogP contribution in [0.25, 0.3) is 0 Å². The molecule has 8 nitrogen and oxygen atoms in total. The summed E-state index contributed by atoms with van der Waals surface area (Å²) in [4.78, 5) is 38.2. The normalized spacial score (nSPS) is 13.9. The molecule has 10 heteroatoms. The van der Waals surface area contributed by atoms with Crippen molar-refractivity contribution >= 4 is 39.1 Å². The molecule has 0 saturated carbocycles. The van der Waals surface area contributed by atoms with Crippen LogP contribution < -0.4 is 5.32 Å². The van der Waals surface area contributed by atoms with Gasteiger partial charge in [0.05, 0.1) is 17.7 Å². The van der Waals surface area contributed by atoms with Crippen molar-refractivity contribution < 1.29 is 22.8 Å². The Bertz CT molecular complexity index is 1090. The van der Waals surface area contributed by atoms with Crippen LogP contribution in [0.3, 0.4) is 0 Å². The van der Waals surface area contributed by atoms with E-state index >= 15 is 0 Å². The molecule has 0 fully saturated rings. The van der Waals surface area contributed by atoms with Crippen molar-refractivity contribution in [3.63, 3.8) is 0 Å². The highest BCUT2D eigenvalue weighted by molar-refractivity contribution is 7.91. The number of nitrogens with zero attached hydrogens (tertiary/aromatic N) is 2. The molecule has 3 rings (SSSR count). The number of carbonyl (C=O) groups is 3. The molecule has 0 spiro atoms. The Morgan fingerprint density at radius 2 is 1.72 bits per heavy atom. The van der Waals surface area contributed by atoms with Gasteiger partial charge in [-0.15, -0.1) is 11.3 Å². The lowest BCUT2D eigenvalue weighted by atomic mass is 10.1. The predicted molar refractivity (Wildman–Crippen MR) is 108 cm³/mol. The highest BCUT2D eigenvalue weighted by Crippen LogP contribution is 2.25. The first kappa shape index (κ1) is 21.2. The Kier molecular flexibility index (Phi) is 5.87. The third-order valence-electron chi connectivity index (χ3n) is 4.71. The van der Waals surface area contributed by atoms with Crippen molar-refractivity contribution in [2.75, 3.05) is 20.1 Å². The maximum absolute atomic E-state index is 12.5. The van der Waals surface area contributed by atoms with Gasteiger partial charge in [0.1, 0.15) is 4.21 Å². The van der Waals surface area contributed by atoms with Crippen LogP contribution in [0.5, 0.6) is 0 Å². The molecule has 154 valence electrons. The van der Waals surface area contributed by atoms with E-state index in [1.54, 1.807) is 19.9 Å². The fraction of sp³-hybridized carbons (Fsp3) is 0.316. The number of amides is 3. The van der Waals surface area contributed by atoms with Crippen LogP contribution >= 0.6 is 11.3 Å². The molecule has 1 aliphatic rings. The first-order valence-electron chi connectivity index (χ1n) is 9.04. The molecule has 1 aromatic carbocycles. The molecule has 0 radical (unpaired) electrons. The summed E-state index contributed by atoms with van der Waals surface area (Å²) >= 11 is 1.11. The molecule has 1 aliphatic heterocycles. The minimum Gasteiger partial charge on any atom is -0.347 e. The molecule has 0 unspecified atom stereocenters. The molecule has 0 saturated heterocycles. The number of sulfonamides is 1. The largest absolute Gasteiger partial charge is 0.347 e. The predicted octanol–water partition coefficient (Wildman–Crippen LogP) is 1.93. The van der Waals surface area contributed by atoms with E-state index < -0.39 is 27.7 Å². The third-order valence-corrected chi connectivity index (χ3v) is 8.31. The molecule has 0 aliphatic carbocycles. The zero-order chi connectivity index (χ0) is 21.3. The average molecular weight is 436 g/mol. The van der Waals surface area contributed by atoms with Gasteiger partial charge in [-0.05, 0) is 30.3 Å². The number of fused-ring (bicyclic) bond motifs is 1. The second-order valence-electron chi connectivity index (χ2n) is 6.42. The monoisotopic (exact) mass is 435 g/mol. The van der Waals surface area contributed by atoms with E-state index in [0.717, 1.165) is 16.2 Å². The van der Waals surface area contributed by atoms with E-state index in [-0.39, 0.29) is 27.4 Å². The summed E-state index contributed by atoms with van der Waals surface area (Å²) in [7, 11) is -2.14. The first-order valence-corrected chi connectivity index (χ1v) is 11.3. The maximum atomic E-state index is 12.5. The van der Waals surface area contributed by atoms with Gasteiger partial charge in [-0.1, -0.05) is 13.8 Å². The van der Waals surface area contributed by atoms with Gasteiger partial charge in [0.15, 0.2) is 0 Å². The van der Waals surface area contributed by atoms with Crippen molar-refractivity contribution in [1.82, 2.24) is 14.5 Å². The number of imide groups is 1. The number of hydrogen-bond donors (Lipinski definition) is 1. The lowest BCUT2D eigenvalue weighted by Gasteiger charge is -2.16. The summed E-state index contributed by atoms with van der Waals surface area (Å²) in [6.45, 7) is 4.49. The lowest BCUT2D eigenvalue weighted by molar-refractivity contribution is 0.0693. The van der Waals surface area contributed by atoms with Gasteiger partial charge in [0.2, 0.25) is 0 Å². The quantitative estimate of drug-likeness (QED) is 0.670. The molecule has 0 bridgehead atoms. The maximum Gasteiger partial charge on any atom is 0.261 e. The van der Waals surface area contributed by atoms with Crippen LogP contribution in [-0.4, -0.2) is 55.5 Å². The van der Waals surface area contributed by atoms with Crippen molar-refractivity contribution in [2.24, 2.45) is 0 Å². The van der Waals surface area contributed by atoms with Crippen LogP contribution in [0.4, 0.5) is 0 Å². The van der Waals surface area contributed by atoms with Crippen LogP contribution in [0.15, 0.2) is 34.5 Å². The molecule has 29 heavy (non-hydrogen) atoms. The fourth-order valence-electron chi connectivity index (χ4n) is 3.05. The summed E-state index contributed by atoms with van der Waals surface area (Å²) in [5.74, 6) is -1.24. The standard InChI is InChI=1S/C19H21N3O5S2/c1-4-22(5-2)29(26,27)16-9-7-13(28-16)11-20-17(23)12-6-8-14-15(10-12)19(25)21(3)18(14)24/h6-10H,4-5,11H2,1-3H3,(H,20,23). The van der Waals surface area contributed by atoms with Crippen LogP contribution in [0, 0.1) is 0 Å². The highest BCUT2D eigenvalue weighted by Gasteiger charge is 2.33. The Labute approximate surface area is 173 Å². The molecule has 0 atom stereocenters. The topological polar surface area (TPSA) is 104 Å². The van der Waals surface area contributed by atoms with Crippen LogP contribution in [0.2, 0.25) is 0 Å². The van der Waals surface area contributed by atoms with Crippen molar-refractivity contribution in [3.8, 4) is 0 Å². The summed E-state index contributed by atoms with van der Waals surface area (Å²) < 4.78 is 26.7. The van der Waals surface area contributed by atoms with Gasteiger partial charge in [0, 0.05) is 30.6 Å². The SMILES string of the molecule is CCN(CC)S(=O)(=O)c1ccc(CNC(=O)c2ccc3c(c2)C(=O)N(C)C3=O)s1. The third kappa shape index (κ3) is 3.83. The van der Waals surface area contributed by atoms with Gasteiger partial charge in [-0.2, -0.15) is 4.31 Å². The van der Waals surface area contributed by atoms with Crippen molar-refractivity contribution in [3.05, 3.63) is 51.9 Å². The molecule has 1 N–H and O–H groups in total. The Morgan fingerprint density at radius 3 is 2.38 bits per heavy atom. The van der Waals surface area contributed by atoms with Crippen LogP contribution in [-0.2, 0) is 16.6 Å². The smallest absolute Gasteiger partial charge is 0.261 e. The number of hydrogen-bond acceptors (Lipinski definition) is 6. The fourth-order valence-corrected chi connectivity index (χ4v) is 5.96. The van der Waals surface area contributed by atoms with Gasteiger partial charge in [0.25, 0.3) is 27.7 Å². The summed E-state index contributed by atoms with van der Waals surface area (Å²) in [5, 5.41) is 2.72. The minimum absolute atomic E-state index is 0.154. The minimum atomic E-state index is -3.53. The number of thiophene rings is 1. The van der Waals surface area contributed by atoms with Gasteiger partial charge >= 0.3 is 0 Å². The molecular formula is C19H21N3O5S2. The number of nitrogens with one attached hydrogen (secondary N) is 1. The van der Waals surface area contributed by atoms with Gasteiger partial charge < -0.3 is 5.32 Å². The molecule has 2 heterocycles. The average Bonchev–Trinajstić information content (AvgIpc) is 3.27. The second kappa shape index (κ2) is 8.05. The molecule has 2 aromatic rings.